The summed E-state index contributed by atoms with van der Waals surface area (Å²) in [6.45, 7) is 0.367. The maximum absolute atomic E-state index is 13.3. The fourth-order valence-corrected chi connectivity index (χ4v) is 2.99. The lowest BCUT2D eigenvalue weighted by molar-refractivity contribution is 0.606. The third-order valence-corrected chi connectivity index (χ3v) is 3.96. The Hall–Kier alpha value is -1.38. The van der Waals surface area contributed by atoms with Crippen LogP contribution in [0.5, 0.6) is 0 Å². The van der Waals surface area contributed by atoms with E-state index in [0.29, 0.717) is 16.7 Å². The quantitative estimate of drug-likeness (QED) is 0.881. The Morgan fingerprint density at radius 3 is 2.75 bits per heavy atom. The largest absolute Gasteiger partial charge is 0.378 e. The number of aromatic nitrogens is 1. The van der Waals surface area contributed by atoms with Crippen LogP contribution >= 0.6 is 22.9 Å². The van der Waals surface area contributed by atoms with E-state index in [1.165, 1.54) is 29.5 Å². The van der Waals surface area contributed by atoms with Crippen LogP contribution in [0.25, 0.3) is 0 Å². The average molecular weight is 336 g/mol. The first-order chi connectivity index (χ1) is 9.33. The van der Waals surface area contributed by atoms with Crippen LogP contribution < -0.4 is 10.0 Å². The molecule has 2 aromatic rings. The third kappa shape index (κ3) is 4.32. The van der Waals surface area contributed by atoms with Crippen molar-refractivity contribution in [2.45, 2.75) is 6.54 Å². The molecule has 2 N–H and O–H groups in total. The zero-order chi connectivity index (χ0) is 14.8. The monoisotopic (exact) mass is 335 g/mol. The lowest BCUT2D eigenvalue weighted by Gasteiger charge is -2.12. The second-order valence-electron chi connectivity index (χ2n) is 4.00. The molecular weight excluding hydrogens is 325 g/mol. The van der Waals surface area contributed by atoms with Crippen molar-refractivity contribution in [1.29, 1.82) is 0 Å². The van der Waals surface area contributed by atoms with E-state index in [1.54, 1.807) is 6.20 Å². The summed E-state index contributed by atoms with van der Waals surface area (Å²) >= 11 is 7.00. The van der Waals surface area contributed by atoms with Crippen molar-refractivity contribution in [1.82, 2.24) is 4.98 Å². The predicted molar refractivity (Wildman–Crippen MR) is 79.3 cm³/mol. The SMILES string of the molecule is CS(=O)(=O)Nc1ccc(F)cc1NCc1cnc(Cl)s1. The second kappa shape index (κ2) is 5.94. The number of nitrogens with one attached hydrogen (secondary N) is 2. The maximum Gasteiger partial charge on any atom is 0.229 e. The summed E-state index contributed by atoms with van der Waals surface area (Å²) in [5.41, 5.74) is 0.629. The Bertz CT molecular complexity index is 718. The summed E-state index contributed by atoms with van der Waals surface area (Å²) in [7, 11) is -3.43. The van der Waals surface area contributed by atoms with E-state index >= 15 is 0 Å². The molecule has 1 heterocycles. The number of nitrogens with zero attached hydrogens (tertiary/aromatic N) is 1. The maximum atomic E-state index is 13.3. The fraction of sp³-hybridized carbons (Fsp3) is 0.182. The Kier molecular flexibility index (Phi) is 4.46. The highest BCUT2D eigenvalue weighted by Crippen LogP contribution is 2.25. The van der Waals surface area contributed by atoms with Gasteiger partial charge in [0.2, 0.25) is 10.0 Å². The molecule has 5 nitrogen and oxygen atoms in total. The third-order valence-electron chi connectivity index (χ3n) is 2.26. The van der Waals surface area contributed by atoms with Crippen molar-refractivity contribution in [3.05, 3.63) is 39.6 Å². The van der Waals surface area contributed by atoms with Gasteiger partial charge in [-0.15, -0.1) is 11.3 Å². The molecular formula is C11H11ClFN3O2S2. The van der Waals surface area contributed by atoms with E-state index < -0.39 is 15.8 Å². The van der Waals surface area contributed by atoms with E-state index in [-0.39, 0.29) is 5.69 Å². The Labute approximate surface area is 124 Å². The normalized spacial score (nSPS) is 11.3. The minimum atomic E-state index is -3.43. The van der Waals surface area contributed by atoms with E-state index in [2.05, 4.69) is 15.0 Å². The van der Waals surface area contributed by atoms with Gasteiger partial charge in [0.25, 0.3) is 0 Å². The zero-order valence-corrected chi connectivity index (χ0v) is 12.7. The van der Waals surface area contributed by atoms with Crippen molar-refractivity contribution in [3.63, 3.8) is 0 Å². The Morgan fingerprint density at radius 1 is 1.40 bits per heavy atom. The Balaban J connectivity index is 2.18. The number of rotatable bonds is 5. The molecule has 0 saturated heterocycles. The number of hydrogen-bond donors (Lipinski definition) is 2. The number of halogens is 2. The molecule has 20 heavy (non-hydrogen) atoms. The topological polar surface area (TPSA) is 71.1 Å². The summed E-state index contributed by atoms with van der Waals surface area (Å²) in [6, 6.07) is 3.76. The first kappa shape index (κ1) is 15.0. The van der Waals surface area contributed by atoms with Gasteiger partial charge in [-0.25, -0.2) is 17.8 Å². The number of anilines is 2. The molecule has 9 heteroatoms. The van der Waals surface area contributed by atoms with Crippen LogP contribution in [0.1, 0.15) is 4.88 Å². The van der Waals surface area contributed by atoms with E-state index in [1.807, 2.05) is 0 Å². The van der Waals surface area contributed by atoms with Crippen molar-refractivity contribution in [2.75, 3.05) is 16.3 Å². The number of thiazole rings is 1. The smallest absolute Gasteiger partial charge is 0.229 e. The van der Waals surface area contributed by atoms with Crippen LogP contribution in [0.2, 0.25) is 4.47 Å². The van der Waals surface area contributed by atoms with E-state index in [0.717, 1.165) is 11.1 Å². The fourth-order valence-electron chi connectivity index (χ4n) is 1.50. The van der Waals surface area contributed by atoms with Gasteiger partial charge in [0.05, 0.1) is 24.2 Å². The van der Waals surface area contributed by atoms with Gasteiger partial charge in [-0.1, -0.05) is 11.6 Å². The summed E-state index contributed by atoms with van der Waals surface area (Å²) in [5, 5.41) is 2.95. The molecule has 0 radical (unpaired) electrons. The van der Waals surface area contributed by atoms with Gasteiger partial charge in [0.1, 0.15) is 5.82 Å². The zero-order valence-electron chi connectivity index (χ0n) is 10.4. The highest BCUT2D eigenvalue weighted by Gasteiger charge is 2.09. The van der Waals surface area contributed by atoms with Crippen LogP contribution in [0.15, 0.2) is 24.4 Å². The first-order valence-corrected chi connectivity index (χ1v) is 8.53. The van der Waals surface area contributed by atoms with Crippen molar-refractivity contribution >= 4 is 44.3 Å². The van der Waals surface area contributed by atoms with Gasteiger partial charge in [-0.3, -0.25) is 4.72 Å². The summed E-state index contributed by atoms with van der Waals surface area (Å²) in [6.07, 6.45) is 2.63. The molecule has 0 bridgehead atoms. The molecule has 0 fully saturated rings. The predicted octanol–water partition coefficient (Wildman–Crippen LogP) is 2.92. The van der Waals surface area contributed by atoms with Gasteiger partial charge < -0.3 is 5.32 Å². The lowest BCUT2D eigenvalue weighted by Crippen LogP contribution is -2.12. The van der Waals surface area contributed by atoms with Gasteiger partial charge in [0, 0.05) is 11.1 Å². The number of sulfonamides is 1. The molecule has 108 valence electrons. The molecule has 2 rings (SSSR count). The Morgan fingerprint density at radius 2 is 2.15 bits per heavy atom. The van der Waals surface area contributed by atoms with Crippen LogP contribution in [0, 0.1) is 5.82 Å². The summed E-state index contributed by atoms with van der Waals surface area (Å²) < 4.78 is 38.5. The molecule has 0 aliphatic heterocycles. The van der Waals surface area contributed by atoms with Crippen molar-refractivity contribution in [3.8, 4) is 0 Å². The molecule has 1 aromatic carbocycles. The minimum absolute atomic E-state index is 0.282. The lowest BCUT2D eigenvalue weighted by atomic mass is 10.2. The van der Waals surface area contributed by atoms with Gasteiger partial charge >= 0.3 is 0 Å². The van der Waals surface area contributed by atoms with E-state index in [9.17, 15) is 12.8 Å². The van der Waals surface area contributed by atoms with Crippen LogP contribution in [0.3, 0.4) is 0 Å². The van der Waals surface area contributed by atoms with Gasteiger partial charge in [0.15, 0.2) is 4.47 Å². The number of hydrogen-bond acceptors (Lipinski definition) is 5. The van der Waals surface area contributed by atoms with E-state index in [4.69, 9.17) is 11.6 Å². The highest BCUT2D eigenvalue weighted by atomic mass is 35.5. The molecule has 0 aliphatic carbocycles. The summed E-state index contributed by atoms with van der Waals surface area (Å²) in [4.78, 5) is 4.74. The molecule has 0 saturated carbocycles. The first-order valence-electron chi connectivity index (χ1n) is 5.45. The molecule has 0 unspecified atom stereocenters. The minimum Gasteiger partial charge on any atom is -0.378 e. The standard InChI is InChI=1S/C11H11ClFN3O2S2/c1-20(17,18)16-9-3-2-7(13)4-10(9)14-5-8-6-15-11(12)19-8/h2-4,6,14,16H,5H2,1H3. The highest BCUT2D eigenvalue weighted by molar-refractivity contribution is 7.92. The average Bonchev–Trinajstić information content (AvgIpc) is 2.74. The molecule has 1 aromatic heterocycles. The van der Waals surface area contributed by atoms with Crippen LogP contribution in [-0.2, 0) is 16.6 Å². The van der Waals surface area contributed by atoms with Crippen LogP contribution in [-0.4, -0.2) is 19.7 Å². The molecule has 0 spiro atoms. The molecule has 0 aliphatic rings. The molecule has 0 amide bonds. The summed E-state index contributed by atoms with van der Waals surface area (Å²) in [5.74, 6) is -0.464. The van der Waals surface area contributed by atoms with Crippen LogP contribution in [0.4, 0.5) is 15.8 Å². The van der Waals surface area contributed by atoms with Gasteiger partial charge in [-0.05, 0) is 18.2 Å². The number of benzene rings is 1. The second-order valence-corrected chi connectivity index (χ2v) is 7.44. The van der Waals surface area contributed by atoms with Gasteiger partial charge in [-0.2, -0.15) is 0 Å². The molecule has 0 atom stereocenters. The van der Waals surface area contributed by atoms with Crippen molar-refractivity contribution < 1.29 is 12.8 Å². The van der Waals surface area contributed by atoms with Crippen molar-refractivity contribution in [2.24, 2.45) is 0 Å².